The van der Waals surface area contributed by atoms with Crippen LogP contribution in [-0.4, -0.2) is 18.0 Å². The molecule has 0 aliphatic heterocycles. The van der Waals surface area contributed by atoms with Gasteiger partial charge in [0.05, 0.1) is 6.04 Å². The van der Waals surface area contributed by atoms with Gasteiger partial charge in [-0.3, -0.25) is 10.1 Å². The van der Waals surface area contributed by atoms with E-state index >= 15 is 0 Å². The van der Waals surface area contributed by atoms with Crippen molar-refractivity contribution < 1.29 is 9.18 Å². The summed E-state index contributed by atoms with van der Waals surface area (Å²) in [4.78, 5) is 12.1. The van der Waals surface area contributed by atoms with Crippen molar-refractivity contribution in [1.82, 2.24) is 10.6 Å². The molecule has 0 spiro atoms. The molecule has 21 heavy (non-hydrogen) atoms. The van der Waals surface area contributed by atoms with E-state index in [1.165, 1.54) is 12.1 Å². The van der Waals surface area contributed by atoms with E-state index in [4.69, 9.17) is 0 Å². The van der Waals surface area contributed by atoms with Gasteiger partial charge in [-0.1, -0.05) is 31.9 Å². The second-order valence-electron chi connectivity index (χ2n) is 5.92. The zero-order valence-corrected chi connectivity index (χ0v) is 12.9. The van der Waals surface area contributed by atoms with Crippen LogP contribution in [0, 0.1) is 5.82 Å². The molecule has 1 aliphatic rings. The first kappa shape index (κ1) is 16.0. The molecule has 116 valence electrons. The normalized spacial score (nSPS) is 17.3. The smallest absolute Gasteiger partial charge is 0.237 e. The fourth-order valence-electron chi connectivity index (χ4n) is 2.38. The minimum absolute atomic E-state index is 0.0566. The number of rotatable bonds is 8. The van der Waals surface area contributed by atoms with Crippen LogP contribution >= 0.6 is 0 Å². The summed E-state index contributed by atoms with van der Waals surface area (Å²) in [6.45, 7) is 4.03. The average Bonchev–Trinajstić information content (AvgIpc) is 3.28. The molecule has 1 amide bonds. The Morgan fingerprint density at radius 1 is 1.33 bits per heavy atom. The molecule has 0 bridgehead atoms. The van der Waals surface area contributed by atoms with Crippen LogP contribution in [-0.2, 0) is 4.79 Å². The lowest BCUT2D eigenvalue weighted by atomic mass is 10.00. The predicted molar refractivity (Wildman–Crippen MR) is 82.4 cm³/mol. The number of halogens is 1. The van der Waals surface area contributed by atoms with Gasteiger partial charge in [-0.2, -0.15) is 0 Å². The number of nitrogens with one attached hydrogen (secondary N) is 2. The summed E-state index contributed by atoms with van der Waals surface area (Å²) in [6.07, 6.45) is 5.31. The van der Waals surface area contributed by atoms with Crippen molar-refractivity contribution in [3.8, 4) is 0 Å². The minimum atomic E-state index is -0.238. The van der Waals surface area contributed by atoms with E-state index in [-0.39, 0.29) is 23.8 Å². The van der Waals surface area contributed by atoms with Gasteiger partial charge < -0.3 is 5.32 Å². The summed E-state index contributed by atoms with van der Waals surface area (Å²) in [7, 11) is 0. The largest absolute Gasteiger partial charge is 0.352 e. The molecule has 1 aliphatic carbocycles. The number of unbranched alkanes of at least 4 members (excludes halogenated alkanes) is 1. The van der Waals surface area contributed by atoms with Gasteiger partial charge in [0.2, 0.25) is 5.91 Å². The molecule has 1 fully saturated rings. The zero-order chi connectivity index (χ0) is 15.2. The highest BCUT2D eigenvalue weighted by atomic mass is 19.1. The maximum Gasteiger partial charge on any atom is 0.237 e. The van der Waals surface area contributed by atoms with E-state index in [2.05, 4.69) is 17.6 Å². The molecular weight excluding hydrogens is 267 g/mol. The molecule has 2 rings (SSSR count). The Morgan fingerprint density at radius 3 is 2.57 bits per heavy atom. The van der Waals surface area contributed by atoms with Gasteiger partial charge in [0, 0.05) is 12.1 Å². The van der Waals surface area contributed by atoms with E-state index in [1.807, 2.05) is 6.92 Å². The minimum Gasteiger partial charge on any atom is -0.352 e. The maximum atomic E-state index is 13.1. The topological polar surface area (TPSA) is 41.1 Å². The van der Waals surface area contributed by atoms with Gasteiger partial charge >= 0.3 is 0 Å². The van der Waals surface area contributed by atoms with Crippen LogP contribution in [0.4, 0.5) is 4.39 Å². The lowest BCUT2D eigenvalue weighted by Crippen LogP contribution is -2.44. The molecule has 2 atom stereocenters. The molecule has 0 saturated heterocycles. The molecule has 2 unspecified atom stereocenters. The quantitative estimate of drug-likeness (QED) is 0.772. The lowest BCUT2D eigenvalue weighted by Gasteiger charge is -2.23. The number of benzene rings is 1. The summed E-state index contributed by atoms with van der Waals surface area (Å²) in [5, 5.41) is 6.40. The fourth-order valence-corrected chi connectivity index (χ4v) is 2.38. The number of hydrogen-bond acceptors (Lipinski definition) is 2. The molecule has 0 heterocycles. The Bertz CT molecular complexity index is 456. The van der Waals surface area contributed by atoms with Crippen LogP contribution in [0.5, 0.6) is 0 Å². The highest BCUT2D eigenvalue weighted by Gasteiger charge is 2.26. The Labute approximate surface area is 126 Å². The number of amides is 1. The second-order valence-corrected chi connectivity index (χ2v) is 5.92. The molecule has 1 aromatic carbocycles. The first-order chi connectivity index (χ1) is 10.1. The van der Waals surface area contributed by atoms with E-state index in [1.54, 1.807) is 12.1 Å². The molecule has 1 aromatic rings. The third-order valence-corrected chi connectivity index (χ3v) is 3.89. The lowest BCUT2D eigenvalue weighted by molar-refractivity contribution is -0.123. The summed E-state index contributed by atoms with van der Waals surface area (Å²) in [6, 6.07) is 6.78. The van der Waals surface area contributed by atoms with Crippen LogP contribution in [0.2, 0.25) is 0 Å². The Balaban J connectivity index is 1.97. The van der Waals surface area contributed by atoms with Crippen molar-refractivity contribution in [1.29, 1.82) is 0 Å². The molecular formula is C17H25FN2O. The summed E-state index contributed by atoms with van der Waals surface area (Å²) >= 11 is 0. The second kappa shape index (κ2) is 7.55. The fraction of sp³-hybridized carbons (Fsp3) is 0.588. The van der Waals surface area contributed by atoms with Crippen molar-refractivity contribution in [3.05, 3.63) is 35.6 Å². The number of carbonyl (C=O) groups excluding carboxylic acids is 1. The van der Waals surface area contributed by atoms with Crippen LogP contribution in [0.1, 0.15) is 57.6 Å². The molecule has 3 nitrogen and oxygen atoms in total. The molecule has 0 radical (unpaired) electrons. The van der Waals surface area contributed by atoms with Crippen LogP contribution in [0.3, 0.4) is 0 Å². The van der Waals surface area contributed by atoms with Crippen molar-refractivity contribution in [2.45, 2.75) is 64.1 Å². The predicted octanol–water partition coefficient (Wildman–Crippen LogP) is 3.31. The highest BCUT2D eigenvalue weighted by molar-refractivity contribution is 5.81. The standard InChI is InChI=1S/C17H25FN2O/c1-3-4-5-16(13-6-8-14(18)9-7-13)19-12(2)17(21)20-15-10-11-15/h6-9,12,15-16,19H,3-5,10-11H2,1-2H3,(H,20,21). The van der Waals surface area contributed by atoms with Crippen molar-refractivity contribution in [2.24, 2.45) is 0 Å². The van der Waals surface area contributed by atoms with Gasteiger partial charge in [-0.15, -0.1) is 0 Å². The monoisotopic (exact) mass is 292 g/mol. The maximum absolute atomic E-state index is 13.1. The van der Waals surface area contributed by atoms with Crippen LogP contribution in [0.25, 0.3) is 0 Å². The zero-order valence-electron chi connectivity index (χ0n) is 12.9. The average molecular weight is 292 g/mol. The van der Waals surface area contributed by atoms with Gasteiger partial charge in [-0.05, 0) is 43.9 Å². The first-order valence-corrected chi connectivity index (χ1v) is 7.92. The Kier molecular flexibility index (Phi) is 5.74. The van der Waals surface area contributed by atoms with Crippen LogP contribution in [0.15, 0.2) is 24.3 Å². The van der Waals surface area contributed by atoms with Crippen LogP contribution < -0.4 is 10.6 Å². The summed E-state index contributed by atoms with van der Waals surface area (Å²) < 4.78 is 13.1. The van der Waals surface area contributed by atoms with Gasteiger partial charge in [-0.25, -0.2) is 4.39 Å². The highest BCUT2D eigenvalue weighted by Crippen LogP contribution is 2.22. The van der Waals surface area contributed by atoms with Crippen molar-refractivity contribution in [2.75, 3.05) is 0 Å². The third-order valence-electron chi connectivity index (χ3n) is 3.89. The number of hydrogen-bond donors (Lipinski definition) is 2. The molecule has 4 heteroatoms. The van der Waals surface area contributed by atoms with Gasteiger partial charge in [0.25, 0.3) is 0 Å². The molecule has 1 saturated carbocycles. The van der Waals surface area contributed by atoms with E-state index in [9.17, 15) is 9.18 Å². The van der Waals surface area contributed by atoms with E-state index < -0.39 is 0 Å². The Morgan fingerprint density at radius 2 is 2.00 bits per heavy atom. The van der Waals surface area contributed by atoms with E-state index in [0.29, 0.717) is 6.04 Å². The summed E-state index contributed by atoms with van der Waals surface area (Å²) in [5.74, 6) is -0.173. The van der Waals surface area contributed by atoms with E-state index in [0.717, 1.165) is 37.7 Å². The van der Waals surface area contributed by atoms with Gasteiger partial charge in [0.15, 0.2) is 0 Å². The third kappa shape index (κ3) is 5.12. The van der Waals surface area contributed by atoms with Crippen molar-refractivity contribution in [3.63, 3.8) is 0 Å². The SMILES string of the molecule is CCCCC(NC(C)C(=O)NC1CC1)c1ccc(F)cc1. The first-order valence-electron chi connectivity index (χ1n) is 7.92. The molecule has 2 N–H and O–H groups in total. The van der Waals surface area contributed by atoms with Crippen molar-refractivity contribution >= 4 is 5.91 Å². The Hall–Kier alpha value is -1.42. The molecule has 0 aromatic heterocycles. The summed E-state index contributed by atoms with van der Waals surface area (Å²) in [5.41, 5.74) is 1.04. The van der Waals surface area contributed by atoms with Gasteiger partial charge in [0.1, 0.15) is 5.82 Å². The number of carbonyl (C=O) groups is 1.